The molecule has 0 bridgehead atoms. The zero-order valence-corrected chi connectivity index (χ0v) is 11.6. The average Bonchev–Trinajstić information content (AvgIpc) is 2.62. The Kier molecular flexibility index (Phi) is 9.35. The summed E-state index contributed by atoms with van der Waals surface area (Å²) in [5, 5.41) is 3.38. The summed E-state index contributed by atoms with van der Waals surface area (Å²) in [6, 6.07) is 8.53. The molecule has 1 aromatic carbocycles. The van der Waals surface area contributed by atoms with Gasteiger partial charge in [0.25, 0.3) is 0 Å². The van der Waals surface area contributed by atoms with E-state index >= 15 is 0 Å². The van der Waals surface area contributed by atoms with Gasteiger partial charge in [0, 0.05) is 13.1 Å². The standard InChI is InChI=1S/C11H13N.C4H8.C2H2/c1-9-6-10-4-2-3-5-11(10)8-12-7-9;1-3-4-2;1-2/h2-6,12H,7-8H2,1H3;3-4H,1-2H3;1-2H/b;4-3-;. The molecule has 1 aromatic rings. The summed E-state index contributed by atoms with van der Waals surface area (Å²) in [4.78, 5) is 0. The van der Waals surface area contributed by atoms with Gasteiger partial charge in [-0.15, -0.1) is 12.8 Å². The van der Waals surface area contributed by atoms with E-state index in [-0.39, 0.29) is 0 Å². The summed E-state index contributed by atoms with van der Waals surface area (Å²) < 4.78 is 0. The van der Waals surface area contributed by atoms with E-state index in [1.54, 1.807) is 0 Å². The van der Waals surface area contributed by atoms with Gasteiger partial charge in [0.15, 0.2) is 0 Å². The fraction of sp³-hybridized carbons (Fsp3) is 0.294. The van der Waals surface area contributed by atoms with Crippen molar-refractivity contribution >= 4 is 6.08 Å². The van der Waals surface area contributed by atoms with E-state index in [1.165, 1.54) is 16.7 Å². The van der Waals surface area contributed by atoms with Gasteiger partial charge in [-0.3, -0.25) is 0 Å². The Morgan fingerprint density at radius 2 is 1.67 bits per heavy atom. The van der Waals surface area contributed by atoms with E-state index in [1.807, 2.05) is 26.0 Å². The van der Waals surface area contributed by atoms with Crippen molar-refractivity contribution < 1.29 is 0 Å². The molecule has 1 heteroatoms. The number of terminal acetylenes is 1. The van der Waals surface area contributed by atoms with Crippen molar-refractivity contribution in [1.82, 2.24) is 5.32 Å². The zero-order chi connectivity index (χ0) is 13.8. The maximum atomic E-state index is 4.00. The molecule has 1 N–H and O–H groups in total. The first-order chi connectivity index (χ1) is 8.77. The average molecular weight is 241 g/mol. The molecule has 1 aliphatic rings. The molecule has 0 fully saturated rings. The molecular formula is C17H23N. The van der Waals surface area contributed by atoms with Crippen LogP contribution in [0.15, 0.2) is 42.0 Å². The molecule has 0 radical (unpaired) electrons. The maximum absolute atomic E-state index is 4.00. The van der Waals surface area contributed by atoms with Gasteiger partial charge >= 0.3 is 0 Å². The van der Waals surface area contributed by atoms with Crippen molar-refractivity contribution in [3.63, 3.8) is 0 Å². The Morgan fingerprint density at radius 3 is 2.28 bits per heavy atom. The minimum Gasteiger partial charge on any atom is -0.309 e. The number of benzene rings is 1. The van der Waals surface area contributed by atoms with Gasteiger partial charge in [0.05, 0.1) is 0 Å². The molecule has 1 nitrogen and oxygen atoms in total. The van der Waals surface area contributed by atoms with Crippen LogP contribution in [0.25, 0.3) is 6.08 Å². The Morgan fingerprint density at radius 1 is 1.06 bits per heavy atom. The molecule has 0 saturated carbocycles. The summed E-state index contributed by atoms with van der Waals surface area (Å²) in [7, 11) is 0. The van der Waals surface area contributed by atoms with Crippen LogP contribution >= 0.6 is 0 Å². The molecule has 2 rings (SSSR count). The lowest BCUT2D eigenvalue weighted by Crippen LogP contribution is -2.13. The third-order valence-electron chi connectivity index (χ3n) is 2.51. The molecule has 0 spiro atoms. The maximum Gasteiger partial charge on any atom is 0.0214 e. The van der Waals surface area contributed by atoms with Crippen LogP contribution in [-0.2, 0) is 6.54 Å². The highest BCUT2D eigenvalue weighted by Gasteiger charge is 2.03. The van der Waals surface area contributed by atoms with E-state index in [9.17, 15) is 0 Å². The first-order valence-electron chi connectivity index (χ1n) is 6.14. The molecule has 0 atom stereocenters. The lowest BCUT2D eigenvalue weighted by molar-refractivity contribution is 0.748. The van der Waals surface area contributed by atoms with Crippen molar-refractivity contribution in [1.29, 1.82) is 0 Å². The predicted octanol–water partition coefficient (Wildman–Crippen LogP) is 4.02. The first kappa shape index (κ1) is 16.2. The molecule has 0 amide bonds. The SMILES string of the molecule is C#C.C/C=C\C.CC1=Cc2ccccc2CNC1. The van der Waals surface area contributed by atoms with Gasteiger partial charge in [0.1, 0.15) is 0 Å². The number of rotatable bonds is 0. The highest BCUT2D eigenvalue weighted by Crippen LogP contribution is 2.15. The van der Waals surface area contributed by atoms with Gasteiger partial charge in [-0.25, -0.2) is 0 Å². The fourth-order valence-electron chi connectivity index (χ4n) is 1.55. The monoisotopic (exact) mass is 241 g/mol. The Bertz CT molecular complexity index is 407. The summed E-state index contributed by atoms with van der Waals surface area (Å²) in [5.41, 5.74) is 4.16. The smallest absolute Gasteiger partial charge is 0.0214 e. The topological polar surface area (TPSA) is 12.0 Å². The second kappa shape index (κ2) is 10.4. The molecule has 1 heterocycles. The van der Waals surface area contributed by atoms with Crippen molar-refractivity contribution in [3.8, 4) is 12.8 Å². The third kappa shape index (κ3) is 6.08. The van der Waals surface area contributed by atoms with Crippen molar-refractivity contribution in [2.45, 2.75) is 27.3 Å². The fourth-order valence-corrected chi connectivity index (χ4v) is 1.55. The van der Waals surface area contributed by atoms with E-state index < -0.39 is 0 Å². The van der Waals surface area contributed by atoms with Gasteiger partial charge < -0.3 is 5.32 Å². The number of hydrogen-bond donors (Lipinski definition) is 1. The van der Waals surface area contributed by atoms with E-state index in [0.29, 0.717) is 0 Å². The quantitative estimate of drug-likeness (QED) is 0.534. The normalized spacial score (nSPS) is 13.1. The molecule has 18 heavy (non-hydrogen) atoms. The van der Waals surface area contributed by atoms with Gasteiger partial charge in [-0.1, -0.05) is 48.1 Å². The second-order valence-electron chi connectivity index (χ2n) is 3.96. The minimum absolute atomic E-state index is 0.990. The number of allylic oxidation sites excluding steroid dienone is 2. The predicted molar refractivity (Wildman–Crippen MR) is 82.2 cm³/mol. The minimum atomic E-state index is 0.990. The summed E-state index contributed by atoms with van der Waals surface area (Å²) >= 11 is 0. The summed E-state index contributed by atoms with van der Waals surface area (Å²) in [6.45, 7) is 8.16. The van der Waals surface area contributed by atoms with E-state index in [0.717, 1.165) is 13.1 Å². The zero-order valence-electron chi connectivity index (χ0n) is 11.6. The first-order valence-corrected chi connectivity index (χ1v) is 6.14. The van der Waals surface area contributed by atoms with Crippen molar-refractivity contribution in [2.24, 2.45) is 0 Å². The van der Waals surface area contributed by atoms with Crippen LogP contribution in [0.2, 0.25) is 0 Å². The molecule has 1 aliphatic heterocycles. The number of hydrogen-bond acceptors (Lipinski definition) is 1. The molecule has 0 saturated heterocycles. The Balaban J connectivity index is 0.000000415. The van der Waals surface area contributed by atoms with Crippen molar-refractivity contribution in [3.05, 3.63) is 53.1 Å². The number of nitrogens with one attached hydrogen (secondary N) is 1. The molecule has 96 valence electrons. The summed E-state index contributed by atoms with van der Waals surface area (Å²) in [6.07, 6.45) is 14.3. The highest BCUT2D eigenvalue weighted by atomic mass is 14.8. The summed E-state index contributed by atoms with van der Waals surface area (Å²) in [5.74, 6) is 0. The molecule has 0 aliphatic carbocycles. The van der Waals surface area contributed by atoms with Crippen LogP contribution in [0.3, 0.4) is 0 Å². The Labute approximate surface area is 112 Å². The van der Waals surface area contributed by atoms with Gasteiger partial charge in [-0.05, 0) is 31.9 Å². The molecular weight excluding hydrogens is 218 g/mol. The molecule has 0 aromatic heterocycles. The third-order valence-corrected chi connectivity index (χ3v) is 2.51. The van der Waals surface area contributed by atoms with Crippen LogP contribution in [0, 0.1) is 12.8 Å². The Hall–Kier alpha value is -1.78. The largest absolute Gasteiger partial charge is 0.309 e. The van der Waals surface area contributed by atoms with Crippen LogP contribution in [0.1, 0.15) is 31.9 Å². The highest BCUT2D eigenvalue weighted by molar-refractivity contribution is 5.57. The van der Waals surface area contributed by atoms with E-state index in [2.05, 4.69) is 55.4 Å². The van der Waals surface area contributed by atoms with Crippen LogP contribution in [-0.4, -0.2) is 6.54 Å². The molecule has 0 unspecified atom stereocenters. The van der Waals surface area contributed by atoms with Crippen LogP contribution < -0.4 is 5.32 Å². The van der Waals surface area contributed by atoms with Crippen LogP contribution in [0.4, 0.5) is 0 Å². The van der Waals surface area contributed by atoms with Gasteiger partial charge in [0.2, 0.25) is 0 Å². The number of fused-ring (bicyclic) bond motifs is 1. The lowest BCUT2D eigenvalue weighted by atomic mass is 10.1. The van der Waals surface area contributed by atoms with Gasteiger partial charge in [-0.2, -0.15) is 0 Å². The van der Waals surface area contributed by atoms with Crippen molar-refractivity contribution in [2.75, 3.05) is 6.54 Å². The van der Waals surface area contributed by atoms with Crippen LogP contribution in [0.5, 0.6) is 0 Å². The second-order valence-corrected chi connectivity index (χ2v) is 3.96. The van der Waals surface area contributed by atoms with E-state index in [4.69, 9.17) is 0 Å². The lowest BCUT2D eigenvalue weighted by Gasteiger charge is -2.01.